The minimum Gasteiger partial charge on any atom is -0.465 e. The number of Topliss-reactive ketones (excluding diaryl/α,β-unsaturated/α-hetero) is 1. The van der Waals surface area contributed by atoms with Gasteiger partial charge in [0, 0.05) is 12.5 Å². The second kappa shape index (κ2) is 6.10. The van der Waals surface area contributed by atoms with Crippen LogP contribution in [0.1, 0.15) is 24.3 Å². The lowest BCUT2D eigenvalue weighted by atomic mass is 10.1. The third-order valence-corrected chi connectivity index (χ3v) is 2.70. The van der Waals surface area contributed by atoms with Crippen LogP contribution >= 0.6 is 0 Å². The van der Waals surface area contributed by atoms with Crippen molar-refractivity contribution < 1.29 is 14.3 Å². The number of hydrogen-bond donors (Lipinski definition) is 0. The average Bonchev–Trinajstić information content (AvgIpc) is 2.83. The van der Waals surface area contributed by atoms with Crippen LogP contribution in [0, 0.1) is 0 Å². The Kier molecular flexibility index (Phi) is 4.24. The lowest BCUT2D eigenvalue weighted by molar-refractivity contribution is -0.144. The van der Waals surface area contributed by atoms with Gasteiger partial charge in [0.1, 0.15) is 12.2 Å². The van der Waals surface area contributed by atoms with Gasteiger partial charge in [0.2, 0.25) is 0 Å². The van der Waals surface area contributed by atoms with Crippen molar-refractivity contribution in [3.05, 3.63) is 36.0 Å². The summed E-state index contributed by atoms with van der Waals surface area (Å²) < 4.78 is 6.29. The summed E-state index contributed by atoms with van der Waals surface area (Å²) in [5.74, 6) is -0.608. The van der Waals surface area contributed by atoms with Crippen LogP contribution in [-0.4, -0.2) is 33.4 Å². The molecule has 2 aromatic rings. The molecule has 0 saturated carbocycles. The van der Waals surface area contributed by atoms with E-state index in [0.29, 0.717) is 12.3 Å². The number of carbonyl (C=O) groups is 2. The molecular formula is C14H15N3O3. The molecule has 6 heteroatoms. The predicted molar refractivity (Wildman–Crippen MR) is 72.1 cm³/mol. The van der Waals surface area contributed by atoms with Crippen molar-refractivity contribution in [1.29, 1.82) is 0 Å². The third kappa shape index (κ3) is 2.90. The average molecular weight is 273 g/mol. The molecule has 2 rings (SSSR count). The van der Waals surface area contributed by atoms with Gasteiger partial charge >= 0.3 is 5.97 Å². The Balaban J connectivity index is 2.43. The highest BCUT2D eigenvalue weighted by atomic mass is 16.5. The minimum absolute atomic E-state index is 0.0711. The number of nitrogens with zero attached hydrogens (tertiary/aromatic N) is 3. The lowest BCUT2D eigenvalue weighted by Crippen LogP contribution is -2.15. The number of ketones is 1. The molecule has 0 fully saturated rings. The molecule has 6 nitrogen and oxygen atoms in total. The highest BCUT2D eigenvalue weighted by molar-refractivity contribution is 5.98. The van der Waals surface area contributed by atoms with E-state index in [0.717, 1.165) is 5.56 Å². The summed E-state index contributed by atoms with van der Waals surface area (Å²) in [6.45, 7) is 3.38. The molecule has 104 valence electrons. The van der Waals surface area contributed by atoms with Crippen LogP contribution in [-0.2, 0) is 16.1 Å². The molecule has 1 aromatic heterocycles. The van der Waals surface area contributed by atoms with E-state index in [2.05, 4.69) is 10.3 Å². The summed E-state index contributed by atoms with van der Waals surface area (Å²) in [4.78, 5) is 23.2. The Morgan fingerprint density at radius 3 is 2.55 bits per heavy atom. The van der Waals surface area contributed by atoms with Gasteiger partial charge in [-0.25, -0.2) is 4.68 Å². The summed E-state index contributed by atoms with van der Waals surface area (Å²) in [6.07, 6.45) is 0. The van der Waals surface area contributed by atoms with E-state index in [9.17, 15) is 9.59 Å². The molecule has 0 amide bonds. The standard InChI is InChI=1S/C14H15N3O3/c1-3-20-12(19)9-17-14(11-7-5-4-6-8-11)13(10(2)18)15-16-17/h4-8H,3,9H2,1-2H3. The lowest BCUT2D eigenvalue weighted by Gasteiger charge is -2.07. The molecule has 0 unspecified atom stereocenters. The molecule has 0 bridgehead atoms. The predicted octanol–water partition coefficient (Wildman–Crippen LogP) is 1.71. The molecule has 1 heterocycles. The number of rotatable bonds is 5. The maximum atomic E-state index is 11.6. The summed E-state index contributed by atoms with van der Waals surface area (Å²) in [5.41, 5.74) is 1.57. The summed E-state index contributed by atoms with van der Waals surface area (Å²) in [6, 6.07) is 9.25. The second-order valence-electron chi connectivity index (χ2n) is 4.17. The Labute approximate surface area is 116 Å². The Hall–Kier alpha value is -2.50. The number of ether oxygens (including phenoxy) is 1. The smallest absolute Gasteiger partial charge is 0.327 e. The zero-order valence-electron chi connectivity index (χ0n) is 11.4. The maximum absolute atomic E-state index is 11.6. The molecular weight excluding hydrogens is 258 g/mol. The number of hydrogen-bond acceptors (Lipinski definition) is 5. The fourth-order valence-corrected chi connectivity index (χ4v) is 1.87. The van der Waals surface area contributed by atoms with Gasteiger partial charge in [-0.3, -0.25) is 9.59 Å². The van der Waals surface area contributed by atoms with Crippen LogP contribution in [0.15, 0.2) is 30.3 Å². The molecule has 0 aliphatic heterocycles. The Morgan fingerprint density at radius 1 is 1.25 bits per heavy atom. The van der Waals surface area contributed by atoms with Crippen molar-refractivity contribution in [2.45, 2.75) is 20.4 Å². The van der Waals surface area contributed by atoms with Crippen LogP contribution in [0.3, 0.4) is 0 Å². The molecule has 20 heavy (non-hydrogen) atoms. The van der Waals surface area contributed by atoms with Crippen LogP contribution in [0.25, 0.3) is 11.3 Å². The molecule has 0 aliphatic rings. The summed E-state index contributed by atoms with van der Waals surface area (Å²) >= 11 is 0. The second-order valence-corrected chi connectivity index (χ2v) is 4.17. The van der Waals surface area contributed by atoms with E-state index in [1.54, 1.807) is 6.92 Å². The number of aromatic nitrogens is 3. The van der Waals surface area contributed by atoms with Gasteiger partial charge < -0.3 is 4.74 Å². The van der Waals surface area contributed by atoms with Crippen LogP contribution in [0.4, 0.5) is 0 Å². The molecule has 0 N–H and O–H groups in total. The zero-order valence-corrected chi connectivity index (χ0v) is 11.4. The van der Waals surface area contributed by atoms with Gasteiger partial charge in [0.05, 0.1) is 6.61 Å². The summed E-state index contributed by atoms with van der Waals surface area (Å²) in [5, 5.41) is 7.74. The molecule has 0 aliphatic carbocycles. The Bertz CT molecular complexity index is 620. The molecule has 0 saturated heterocycles. The maximum Gasteiger partial charge on any atom is 0.327 e. The van der Waals surface area contributed by atoms with E-state index >= 15 is 0 Å². The molecule has 1 aromatic carbocycles. The number of esters is 1. The van der Waals surface area contributed by atoms with Gasteiger partial charge in [-0.1, -0.05) is 35.5 Å². The summed E-state index contributed by atoms with van der Waals surface area (Å²) in [7, 11) is 0. The van der Waals surface area contributed by atoms with Gasteiger partial charge in [-0.2, -0.15) is 0 Å². The van der Waals surface area contributed by atoms with Crippen molar-refractivity contribution in [2.24, 2.45) is 0 Å². The largest absolute Gasteiger partial charge is 0.465 e. The molecule has 0 radical (unpaired) electrons. The van der Waals surface area contributed by atoms with Gasteiger partial charge in [0.25, 0.3) is 0 Å². The topological polar surface area (TPSA) is 74.1 Å². The highest BCUT2D eigenvalue weighted by Crippen LogP contribution is 2.22. The minimum atomic E-state index is -0.412. The first-order chi connectivity index (χ1) is 9.63. The SMILES string of the molecule is CCOC(=O)Cn1nnc(C(C)=O)c1-c1ccccc1. The van der Waals surface area contributed by atoms with E-state index in [1.165, 1.54) is 11.6 Å². The van der Waals surface area contributed by atoms with Crippen molar-refractivity contribution in [3.63, 3.8) is 0 Å². The number of carbonyl (C=O) groups excluding carboxylic acids is 2. The van der Waals surface area contributed by atoms with Crippen molar-refractivity contribution in [1.82, 2.24) is 15.0 Å². The van der Waals surface area contributed by atoms with Crippen molar-refractivity contribution in [3.8, 4) is 11.3 Å². The highest BCUT2D eigenvalue weighted by Gasteiger charge is 2.19. The van der Waals surface area contributed by atoms with Gasteiger partial charge in [0.15, 0.2) is 11.5 Å². The fourth-order valence-electron chi connectivity index (χ4n) is 1.87. The van der Waals surface area contributed by atoms with Gasteiger partial charge in [-0.05, 0) is 6.92 Å². The quantitative estimate of drug-likeness (QED) is 0.612. The van der Waals surface area contributed by atoms with Crippen LogP contribution < -0.4 is 0 Å². The normalized spacial score (nSPS) is 10.3. The van der Waals surface area contributed by atoms with E-state index < -0.39 is 5.97 Å². The van der Waals surface area contributed by atoms with Crippen LogP contribution in [0.5, 0.6) is 0 Å². The fraction of sp³-hybridized carbons (Fsp3) is 0.286. The first-order valence-corrected chi connectivity index (χ1v) is 6.29. The first-order valence-electron chi connectivity index (χ1n) is 6.29. The van der Waals surface area contributed by atoms with E-state index in [4.69, 9.17) is 4.74 Å². The first kappa shape index (κ1) is 13.9. The molecule has 0 atom stereocenters. The van der Waals surface area contributed by atoms with E-state index in [1.807, 2.05) is 30.3 Å². The van der Waals surface area contributed by atoms with E-state index in [-0.39, 0.29) is 18.0 Å². The van der Waals surface area contributed by atoms with Crippen molar-refractivity contribution in [2.75, 3.05) is 6.61 Å². The van der Waals surface area contributed by atoms with Crippen LogP contribution in [0.2, 0.25) is 0 Å². The molecule has 0 spiro atoms. The monoisotopic (exact) mass is 273 g/mol. The van der Waals surface area contributed by atoms with Crippen molar-refractivity contribution >= 4 is 11.8 Å². The van der Waals surface area contributed by atoms with Gasteiger partial charge in [-0.15, -0.1) is 5.10 Å². The Morgan fingerprint density at radius 2 is 1.95 bits per heavy atom. The number of benzene rings is 1. The zero-order chi connectivity index (χ0) is 14.5. The third-order valence-electron chi connectivity index (χ3n) is 2.70.